The molecular weight excluding hydrogens is 329 g/mol. The maximum Gasteiger partial charge on any atom is 0.417 e. The topological polar surface area (TPSA) is 86.7 Å². The molecule has 1 saturated heterocycles. The summed E-state index contributed by atoms with van der Waals surface area (Å²) in [5.41, 5.74) is -1.54. The Morgan fingerprint density at radius 3 is 2.54 bits per heavy atom. The van der Waals surface area contributed by atoms with Crippen molar-refractivity contribution >= 4 is 17.8 Å². The van der Waals surface area contributed by atoms with Crippen molar-refractivity contribution < 1.29 is 32.7 Å². The van der Waals surface area contributed by atoms with Gasteiger partial charge in [0.25, 0.3) is 5.91 Å². The van der Waals surface area contributed by atoms with Crippen molar-refractivity contribution in [1.29, 1.82) is 0 Å². The molecule has 1 atom stereocenters. The number of halogens is 3. The maximum atomic E-state index is 12.9. The third-order valence-electron chi connectivity index (χ3n) is 3.71. The van der Waals surface area contributed by atoms with Gasteiger partial charge in [0.15, 0.2) is 0 Å². The second-order valence-electron chi connectivity index (χ2n) is 5.38. The summed E-state index contributed by atoms with van der Waals surface area (Å²) in [6.45, 7) is 0.00875. The molecule has 1 unspecified atom stereocenters. The van der Waals surface area contributed by atoms with Gasteiger partial charge >= 0.3 is 12.1 Å². The number of carbonyl (C=O) groups excluding carboxylic acids is 2. The number of carbonyl (C=O) groups is 3. The molecule has 2 amide bonds. The van der Waals surface area contributed by atoms with Gasteiger partial charge in [-0.3, -0.25) is 14.4 Å². The fraction of sp³-hybridized carbons (Fsp3) is 0.400. The van der Waals surface area contributed by atoms with Gasteiger partial charge in [0.2, 0.25) is 5.91 Å². The minimum absolute atomic E-state index is 0.0309. The highest BCUT2D eigenvalue weighted by Crippen LogP contribution is 2.31. The van der Waals surface area contributed by atoms with E-state index in [1.54, 1.807) is 0 Å². The van der Waals surface area contributed by atoms with Crippen LogP contribution in [0, 0.1) is 5.92 Å². The summed E-state index contributed by atoms with van der Waals surface area (Å²) >= 11 is 0. The van der Waals surface area contributed by atoms with Gasteiger partial charge in [-0.1, -0.05) is 12.1 Å². The Kier molecular flexibility index (Phi) is 5.10. The van der Waals surface area contributed by atoms with Crippen LogP contribution in [0.15, 0.2) is 24.3 Å². The van der Waals surface area contributed by atoms with Crippen molar-refractivity contribution in [1.82, 2.24) is 10.2 Å². The lowest BCUT2D eigenvalue weighted by Crippen LogP contribution is -2.36. The minimum Gasteiger partial charge on any atom is -0.481 e. The van der Waals surface area contributed by atoms with Gasteiger partial charge in [-0.05, 0) is 12.1 Å². The second kappa shape index (κ2) is 6.90. The maximum absolute atomic E-state index is 12.9. The predicted octanol–water partition coefficient (Wildman–Crippen LogP) is 1.37. The van der Waals surface area contributed by atoms with Crippen LogP contribution in [0.4, 0.5) is 13.2 Å². The van der Waals surface area contributed by atoms with Gasteiger partial charge in [-0.15, -0.1) is 0 Å². The predicted molar refractivity (Wildman–Crippen MR) is 76.1 cm³/mol. The highest BCUT2D eigenvalue weighted by molar-refractivity contribution is 5.96. The van der Waals surface area contributed by atoms with Crippen molar-refractivity contribution in [2.75, 3.05) is 19.6 Å². The number of alkyl halides is 3. The van der Waals surface area contributed by atoms with Crippen molar-refractivity contribution in [3.8, 4) is 0 Å². The molecule has 1 aliphatic rings. The average molecular weight is 344 g/mol. The summed E-state index contributed by atoms with van der Waals surface area (Å²) in [6, 6.07) is 4.40. The van der Waals surface area contributed by atoms with Crippen LogP contribution in [-0.4, -0.2) is 47.4 Å². The number of amides is 2. The molecule has 6 nitrogen and oxygen atoms in total. The SMILES string of the molecule is O=C(NCCN1CC(C(=O)O)CC1=O)c1ccccc1C(F)(F)F. The number of carboxylic acid groups (broad SMARTS) is 1. The Bertz CT molecular complexity index is 660. The van der Waals surface area contributed by atoms with Crippen molar-refractivity contribution in [3.05, 3.63) is 35.4 Å². The van der Waals surface area contributed by atoms with Crippen LogP contribution in [0.2, 0.25) is 0 Å². The number of likely N-dealkylation sites (tertiary alicyclic amines) is 1. The van der Waals surface area contributed by atoms with Gasteiger partial charge in [-0.25, -0.2) is 0 Å². The van der Waals surface area contributed by atoms with E-state index in [0.717, 1.165) is 12.1 Å². The number of rotatable bonds is 5. The average Bonchev–Trinajstić information content (AvgIpc) is 2.88. The Hall–Kier alpha value is -2.58. The normalized spacial score (nSPS) is 17.9. The second-order valence-corrected chi connectivity index (χ2v) is 5.38. The van der Waals surface area contributed by atoms with Crippen LogP contribution >= 0.6 is 0 Å². The van der Waals surface area contributed by atoms with E-state index < -0.39 is 35.1 Å². The zero-order valence-corrected chi connectivity index (χ0v) is 12.5. The van der Waals surface area contributed by atoms with E-state index in [4.69, 9.17) is 5.11 Å². The van der Waals surface area contributed by atoms with E-state index in [2.05, 4.69) is 5.32 Å². The van der Waals surface area contributed by atoms with Crippen LogP contribution < -0.4 is 5.32 Å². The molecule has 0 spiro atoms. The molecule has 1 heterocycles. The van der Waals surface area contributed by atoms with E-state index in [9.17, 15) is 27.6 Å². The molecule has 0 saturated carbocycles. The summed E-state index contributed by atoms with van der Waals surface area (Å²) < 4.78 is 38.6. The summed E-state index contributed by atoms with van der Waals surface area (Å²) in [7, 11) is 0. The molecule has 130 valence electrons. The molecule has 9 heteroatoms. The zero-order chi connectivity index (χ0) is 17.9. The first-order chi connectivity index (χ1) is 11.2. The Balaban J connectivity index is 1.93. The van der Waals surface area contributed by atoms with Crippen molar-refractivity contribution in [2.45, 2.75) is 12.6 Å². The smallest absolute Gasteiger partial charge is 0.417 e. The standard InChI is InChI=1S/C15H15F3N2O4/c16-15(17,18)11-4-2-1-3-10(11)13(22)19-5-6-20-8-9(14(23)24)7-12(20)21/h1-4,9H,5-8H2,(H,19,22)(H,23,24). The van der Waals surface area contributed by atoms with Gasteiger partial charge in [0.05, 0.1) is 17.0 Å². The summed E-state index contributed by atoms with van der Waals surface area (Å²) in [5, 5.41) is 11.2. The quantitative estimate of drug-likeness (QED) is 0.845. The van der Waals surface area contributed by atoms with Gasteiger partial charge in [-0.2, -0.15) is 13.2 Å². The summed E-state index contributed by atoms with van der Waals surface area (Å²) in [4.78, 5) is 35.7. The van der Waals surface area contributed by atoms with E-state index >= 15 is 0 Å². The molecule has 2 rings (SSSR count). The van der Waals surface area contributed by atoms with Crippen LogP contribution in [-0.2, 0) is 15.8 Å². The van der Waals surface area contributed by atoms with Gasteiger partial charge in [0.1, 0.15) is 0 Å². The lowest BCUT2D eigenvalue weighted by molar-refractivity contribution is -0.141. The van der Waals surface area contributed by atoms with Crippen LogP contribution in [0.3, 0.4) is 0 Å². The lowest BCUT2D eigenvalue weighted by Gasteiger charge is -2.17. The highest BCUT2D eigenvalue weighted by atomic mass is 19.4. The largest absolute Gasteiger partial charge is 0.481 e. The highest BCUT2D eigenvalue weighted by Gasteiger charge is 2.35. The van der Waals surface area contributed by atoms with Crippen molar-refractivity contribution in [2.24, 2.45) is 5.92 Å². The van der Waals surface area contributed by atoms with E-state index in [-0.39, 0.29) is 32.0 Å². The number of hydrogen-bond donors (Lipinski definition) is 2. The molecule has 1 aromatic rings. The Morgan fingerprint density at radius 1 is 1.29 bits per heavy atom. The summed E-state index contributed by atoms with van der Waals surface area (Å²) in [5.74, 6) is -3.12. The van der Waals surface area contributed by atoms with E-state index in [1.165, 1.54) is 17.0 Å². The Morgan fingerprint density at radius 2 is 1.96 bits per heavy atom. The molecule has 1 aliphatic heterocycles. The molecular formula is C15H15F3N2O4. The third-order valence-corrected chi connectivity index (χ3v) is 3.71. The lowest BCUT2D eigenvalue weighted by atomic mass is 10.1. The molecule has 0 bridgehead atoms. The van der Waals surface area contributed by atoms with Crippen molar-refractivity contribution in [3.63, 3.8) is 0 Å². The molecule has 2 N–H and O–H groups in total. The van der Waals surface area contributed by atoms with E-state index in [1.807, 2.05) is 0 Å². The first-order valence-corrected chi connectivity index (χ1v) is 7.15. The molecule has 1 fully saturated rings. The van der Waals surface area contributed by atoms with Gasteiger partial charge < -0.3 is 15.3 Å². The third kappa shape index (κ3) is 4.03. The van der Waals surface area contributed by atoms with Crippen LogP contribution in [0.1, 0.15) is 22.3 Å². The monoisotopic (exact) mass is 344 g/mol. The Labute approximate surface area is 135 Å². The molecule has 24 heavy (non-hydrogen) atoms. The molecule has 0 aliphatic carbocycles. The first kappa shape index (κ1) is 17.8. The summed E-state index contributed by atoms with van der Waals surface area (Å²) in [6.07, 6.45) is -4.76. The number of benzene rings is 1. The molecule has 1 aromatic carbocycles. The minimum atomic E-state index is -4.65. The number of nitrogens with one attached hydrogen (secondary N) is 1. The van der Waals surface area contributed by atoms with Crippen LogP contribution in [0.25, 0.3) is 0 Å². The van der Waals surface area contributed by atoms with Gasteiger partial charge in [0, 0.05) is 26.1 Å². The number of aliphatic carboxylic acids is 1. The number of hydrogen-bond acceptors (Lipinski definition) is 3. The fourth-order valence-electron chi connectivity index (χ4n) is 2.48. The van der Waals surface area contributed by atoms with E-state index in [0.29, 0.717) is 0 Å². The first-order valence-electron chi connectivity index (χ1n) is 7.15. The molecule has 0 aromatic heterocycles. The number of nitrogens with zero attached hydrogens (tertiary/aromatic N) is 1. The zero-order valence-electron chi connectivity index (χ0n) is 12.5. The fourth-order valence-corrected chi connectivity index (χ4v) is 2.48. The number of carboxylic acids is 1. The van der Waals surface area contributed by atoms with Crippen LogP contribution in [0.5, 0.6) is 0 Å². The molecule has 0 radical (unpaired) electrons.